The van der Waals surface area contributed by atoms with Crippen molar-refractivity contribution in [2.75, 3.05) is 0 Å². The van der Waals surface area contributed by atoms with Crippen molar-refractivity contribution in [1.82, 2.24) is 0 Å². The van der Waals surface area contributed by atoms with Crippen molar-refractivity contribution in [2.45, 2.75) is 19.3 Å². The summed E-state index contributed by atoms with van der Waals surface area (Å²) in [5.41, 5.74) is 12.2. The Morgan fingerprint density at radius 3 is 2.54 bits per heavy atom. The van der Waals surface area contributed by atoms with E-state index in [1.54, 1.807) is 12.3 Å². The lowest BCUT2D eigenvalue weighted by Crippen LogP contribution is -2.24. The van der Waals surface area contributed by atoms with Gasteiger partial charge in [0.05, 0.1) is 11.6 Å². The van der Waals surface area contributed by atoms with Crippen LogP contribution in [0.25, 0.3) is 11.1 Å². The van der Waals surface area contributed by atoms with E-state index in [1.807, 2.05) is 34.4 Å². The maximum atomic E-state index is 13.3. The molecule has 2 aliphatic rings. The number of hydrogen-bond donors (Lipinski definition) is 1. The van der Waals surface area contributed by atoms with Gasteiger partial charge in [-0.15, -0.1) is 0 Å². The Morgan fingerprint density at radius 1 is 1.08 bits per heavy atom. The molecule has 2 aromatic carbocycles. The summed E-state index contributed by atoms with van der Waals surface area (Å²) in [4.78, 5) is 13.3. The molecule has 0 aromatic heterocycles. The van der Waals surface area contributed by atoms with Crippen molar-refractivity contribution in [3.63, 3.8) is 0 Å². The van der Waals surface area contributed by atoms with Gasteiger partial charge in [-0.05, 0) is 75.6 Å². The van der Waals surface area contributed by atoms with Crippen LogP contribution in [0.5, 0.6) is 0 Å². The highest BCUT2D eigenvalue weighted by molar-refractivity contribution is 14.1. The second kappa shape index (κ2) is 6.40. The maximum absolute atomic E-state index is 13.3. The van der Waals surface area contributed by atoms with E-state index in [4.69, 9.17) is 11.0 Å². The molecule has 0 bridgehead atoms. The zero-order chi connectivity index (χ0) is 18.3. The van der Waals surface area contributed by atoms with Crippen LogP contribution in [0.3, 0.4) is 0 Å². The maximum Gasteiger partial charge on any atom is 0.170 e. The van der Waals surface area contributed by atoms with Crippen LogP contribution in [0.2, 0.25) is 0 Å². The number of carbonyl (C=O) groups excluding carboxylic acids is 1. The van der Waals surface area contributed by atoms with Crippen LogP contribution >= 0.6 is 22.6 Å². The van der Waals surface area contributed by atoms with Crippen LogP contribution < -0.4 is 5.73 Å². The average Bonchev–Trinajstić information content (AvgIpc) is 3.19. The second-order valence-electron chi connectivity index (χ2n) is 7.03. The van der Waals surface area contributed by atoms with Gasteiger partial charge in [0.25, 0.3) is 0 Å². The van der Waals surface area contributed by atoms with Crippen molar-refractivity contribution in [2.24, 2.45) is 11.1 Å². The van der Waals surface area contributed by atoms with E-state index >= 15 is 0 Å². The highest BCUT2D eigenvalue weighted by Crippen LogP contribution is 2.53. The lowest BCUT2D eigenvalue weighted by Gasteiger charge is -2.19. The summed E-state index contributed by atoms with van der Waals surface area (Å²) in [6.07, 6.45) is 3.89. The smallest absolute Gasteiger partial charge is 0.170 e. The molecule has 4 rings (SSSR count). The van der Waals surface area contributed by atoms with Crippen LogP contribution in [-0.2, 0) is 6.42 Å². The molecule has 0 saturated heterocycles. The van der Waals surface area contributed by atoms with Gasteiger partial charge in [-0.1, -0.05) is 46.9 Å². The number of hydrogen-bond acceptors (Lipinski definition) is 3. The number of Topliss-reactive ketones (excluding diaryl/α,β-unsaturated/α-hetero) is 1. The van der Waals surface area contributed by atoms with Crippen molar-refractivity contribution >= 4 is 28.4 Å². The normalized spacial score (nSPS) is 24.4. The Kier molecular flexibility index (Phi) is 4.20. The summed E-state index contributed by atoms with van der Waals surface area (Å²) < 4.78 is 2.04. The van der Waals surface area contributed by atoms with E-state index in [0.29, 0.717) is 12.0 Å². The standard InChI is InChI=1S/C22H17IN2O/c23-11-18-9-22(10-19(18)13-25)8-17-5-4-16(7-20(17)21(22)26)15-3-1-2-14(6-15)12-24/h1-7,11,13H,8-10,25H2/b18-11-,19-13-. The fraction of sp³-hybridized carbons (Fsp3) is 0.182. The first-order valence-electron chi connectivity index (χ1n) is 8.49. The number of nitrogens with zero attached hydrogens (tertiary/aromatic N) is 1. The van der Waals surface area contributed by atoms with Gasteiger partial charge in [0, 0.05) is 11.0 Å². The van der Waals surface area contributed by atoms with Crippen LogP contribution in [0.1, 0.15) is 34.3 Å². The molecule has 1 fully saturated rings. The fourth-order valence-corrected chi connectivity index (χ4v) is 4.82. The lowest BCUT2D eigenvalue weighted by molar-refractivity contribution is 0.0836. The summed E-state index contributed by atoms with van der Waals surface area (Å²) >= 11 is 2.23. The molecule has 1 spiro atoms. The first kappa shape index (κ1) is 17.0. The van der Waals surface area contributed by atoms with Crippen LogP contribution in [0, 0.1) is 16.7 Å². The van der Waals surface area contributed by atoms with Gasteiger partial charge in [0.15, 0.2) is 5.78 Å². The minimum atomic E-state index is -0.377. The number of carbonyl (C=O) groups is 1. The molecule has 128 valence electrons. The number of benzene rings is 2. The summed E-state index contributed by atoms with van der Waals surface area (Å²) in [7, 11) is 0. The van der Waals surface area contributed by atoms with E-state index in [9.17, 15) is 4.79 Å². The third-order valence-corrected chi connectivity index (χ3v) is 6.24. The zero-order valence-corrected chi connectivity index (χ0v) is 16.3. The Hall–Kier alpha value is -2.39. The SMILES string of the molecule is N#Cc1cccc(-c2ccc3c(c2)C(=O)C2(CC(=C/N)/C(=C\I)C2)C3)c1. The van der Waals surface area contributed by atoms with Gasteiger partial charge in [-0.25, -0.2) is 0 Å². The molecule has 2 N–H and O–H groups in total. The van der Waals surface area contributed by atoms with Crippen molar-refractivity contribution < 1.29 is 4.79 Å². The summed E-state index contributed by atoms with van der Waals surface area (Å²) in [6.45, 7) is 0. The number of allylic oxidation sites excluding steroid dienone is 2. The third-order valence-electron chi connectivity index (χ3n) is 5.49. The topological polar surface area (TPSA) is 66.9 Å². The predicted octanol–water partition coefficient (Wildman–Crippen LogP) is 4.91. The lowest BCUT2D eigenvalue weighted by atomic mass is 9.81. The van der Waals surface area contributed by atoms with Crippen molar-refractivity contribution in [3.05, 3.63) is 80.6 Å². The van der Waals surface area contributed by atoms with Crippen LogP contribution in [0.15, 0.2) is 63.9 Å². The fourth-order valence-electron chi connectivity index (χ4n) is 4.20. The monoisotopic (exact) mass is 452 g/mol. The molecule has 1 saturated carbocycles. The third kappa shape index (κ3) is 2.58. The highest BCUT2D eigenvalue weighted by Gasteiger charge is 2.50. The van der Waals surface area contributed by atoms with Crippen LogP contribution in [0.4, 0.5) is 0 Å². The summed E-state index contributed by atoms with van der Waals surface area (Å²) in [5.74, 6) is 0.221. The van der Waals surface area contributed by atoms with Crippen molar-refractivity contribution in [3.8, 4) is 17.2 Å². The molecular weight excluding hydrogens is 435 g/mol. The van der Waals surface area contributed by atoms with Gasteiger partial charge in [-0.3, -0.25) is 4.79 Å². The largest absolute Gasteiger partial charge is 0.404 e. The highest BCUT2D eigenvalue weighted by atomic mass is 127. The van der Waals surface area contributed by atoms with Gasteiger partial charge in [-0.2, -0.15) is 5.26 Å². The van der Waals surface area contributed by atoms with E-state index in [-0.39, 0.29) is 11.2 Å². The van der Waals surface area contributed by atoms with Crippen LogP contribution in [-0.4, -0.2) is 5.78 Å². The molecule has 2 aliphatic carbocycles. The van der Waals surface area contributed by atoms with E-state index in [1.165, 1.54) is 5.57 Å². The summed E-state index contributed by atoms with van der Waals surface area (Å²) in [5, 5.41) is 9.12. The Labute approximate surface area is 166 Å². The first-order chi connectivity index (χ1) is 12.6. The Balaban J connectivity index is 1.74. The number of nitriles is 1. The number of fused-ring (bicyclic) bond motifs is 1. The zero-order valence-electron chi connectivity index (χ0n) is 14.1. The second-order valence-corrected chi connectivity index (χ2v) is 7.65. The molecule has 0 aliphatic heterocycles. The Morgan fingerprint density at radius 2 is 1.85 bits per heavy atom. The van der Waals surface area contributed by atoms with E-state index in [2.05, 4.69) is 34.7 Å². The summed E-state index contributed by atoms with van der Waals surface area (Å²) in [6, 6.07) is 15.8. The molecule has 1 atom stereocenters. The Bertz CT molecular complexity index is 1010. The molecule has 0 amide bonds. The van der Waals surface area contributed by atoms with E-state index < -0.39 is 0 Å². The van der Waals surface area contributed by atoms with Gasteiger partial charge in [0.2, 0.25) is 0 Å². The molecule has 0 heterocycles. The van der Waals surface area contributed by atoms with Gasteiger partial charge in [0.1, 0.15) is 0 Å². The molecule has 0 radical (unpaired) electrons. The molecule has 1 unspecified atom stereocenters. The molecule has 4 heteroatoms. The molecule has 2 aromatic rings. The molecule has 26 heavy (non-hydrogen) atoms. The molecular formula is C22H17IN2O. The minimum Gasteiger partial charge on any atom is -0.404 e. The minimum absolute atomic E-state index is 0.221. The first-order valence-corrected chi connectivity index (χ1v) is 9.73. The predicted molar refractivity (Wildman–Crippen MR) is 111 cm³/mol. The number of nitrogens with two attached hydrogens (primary N) is 1. The number of rotatable bonds is 1. The van der Waals surface area contributed by atoms with Gasteiger partial charge >= 0.3 is 0 Å². The van der Waals surface area contributed by atoms with Gasteiger partial charge < -0.3 is 5.73 Å². The number of ketones is 1. The van der Waals surface area contributed by atoms with E-state index in [0.717, 1.165) is 40.7 Å². The quantitative estimate of drug-likeness (QED) is 0.626. The number of halogens is 1. The average molecular weight is 452 g/mol. The van der Waals surface area contributed by atoms with Crippen molar-refractivity contribution in [1.29, 1.82) is 5.26 Å². The molecule has 3 nitrogen and oxygen atoms in total.